The molecule has 0 bridgehead atoms. The highest BCUT2D eigenvalue weighted by molar-refractivity contribution is 5.71. The summed E-state index contributed by atoms with van der Waals surface area (Å²) in [5, 5.41) is 10.5. The van der Waals surface area contributed by atoms with Gasteiger partial charge in [0.15, 0.2) is 17.3 Å². The van der Waals surface area contributed by atoms with Crippen molar-refractivity contribution in [3.8, 4) is 17.2 Å². The Bertz CT molecular complexity index is 979. The fourth-order valence-electron chi connectivity index (χ4n) is 3.59. The maximum atomic E-state index is 12.5. The average molecular weight is 417 g/mol. The van der Waals surface area contributed by atoms with Gasteiger partial charge in [-0.3, -0.25) is 14.5 Å². The van der Waals surface area contributed by atoms with Gasteiger partial charge in [0.25, 0.3) is 0 Å². The number of aromatic hydroxyl groups is 1. The summed E-state index contributed by atoms with van der Waals surface area (Å²) in [5.74, 6) is -0.216. The number of rotatable bonds is 6. The summed E-state index contributed by atoms with van der Waals surface area (Å²) in [5.41, 5.74) is 0.0711. The van der Waals surface area contributed by atoms with Gasteiger partial charge in [-0.05, 0) is 17.7 Å². The molecular formula is C21H23NO8. The summed E-state index contributed by atoms with van der Waals surface area (Å²) >= 11 is 0. The van der Waals surface area contributed by atoms with Crippen LogP contribution < -0.4 is 14.9 Å². The molecule has 9 nitrogen and oxygen atoms in total. The Balaban J connectivity index is 1.71. The van der Waals surface area contributed by atoms with Crippen LogP contribution in [-0.2, 0) is 20.8 Å². The number of esters is 1. The maximum absolute atomic E-state index is 12.5. The van der Waals surface area contributed by atoms with Crippen molar-refractivity contribution < 1.29 is 33.3 Å². The third kappa shape index (κ3) is 4.27. The summed E-state index contributed by atoms with van der Waals surface area (Å²) in [6.07, 6.45) is -0.117. The molecule has 9 heteroatoms. The first kappa shape index (κ1) is 20.2. The summed E-state index contributed by atoms with van der Waals surface area (Å²) < 4.78 is 26.9. The number of hydrogen-bond acceptors (Lipinski definition) is 9. The zero-order valence-corrected chi connectivity index (χ0v) is 16.6. The Kier molecular flexibility index (Phi) is 5.91. The van der Waals surface area contributed by atoms with E-state index in [1.807, 2.05) is 0 Å². The van der Waals surface area contributed by atoms with E-state index in [1.54, 1.807) is 18.2 Å². The first-order valence-electron chi connectivity index (χ1n) is 9.67. The fraction of sp³-hybridized carbons (Fsp3) is 0.429. The molecular weight excluding hydrogens is 394 g/mol. The van der Waals surface area contributed by atoms with Crippen molar-refractivity contribution in [2.45, 2.75) is 18.9 Å². The molecule has 1 aromatic carbocycles. The number of fused-ring (bicyclic) bond motifs is 1. The molecule has 3 heterocycles. The van der Waals surface area contributed by atoms with Crippen LogP contribution in [0.1, 0.15) is 29.4 Å². The summed E-state index contributed by atoms with van der Waals surface area (Å²) in [4.78, 5) is 26.7. The van der Waals surface area contributed by atoms with E-state index in [9.17, 15) is 14.7 Å². The first-order valence-corrected chi connectivity index (χ1v) is 9.67. The van der Waals surface area contributed by atoms with Gasteiger partial charge in [0.05, 0.1) is 39.2 Å². The minimum Gasteiger partial charge on any atom is -0.502 e. The third-order valence-corrected chi connectivity index (χ3v) is 5.20. The molecule has 1 atom stereocenters. The molecule has 1 unspecified atom stereocenters. The van der Waals surface area contributed by atoms with Gasteiger partial charge in [0.2, 0.25) is 18.0 Å². The molecule has 1 fully saturated rings. The molecule has 0 saturated carbocycles. The van der Waals surface area contributed by atoms with E-state index in [0.717, 1.165) is 0 Å². The lowest BCUT2D eigenvalue weighted by atomic mass is 9.92. The van der Waals surface area contributed by atoms with E-state index < -0.39 is 23.1 Å². The number of carbonyl (C=O) groups is 1. The maximum Gasteiger partial charge on any atom is 0.306 e. The smallest absolute Gasteiger partial charge is 0.306 e. The predicted molar refractivity (Wildman–Crippen MR) is 104 cm³/mol. The van der Waals surface area contributed by atoms with Gasteiger partial charge in [-0.25, -0.2) is 0 Å². The number of morpholine rings is 1. The summed E-state index contributed by atoms with van der Waals surface area (Å²) in [7, 11) is 1.28. The Morgan fingerprint density at radius 1 is 1.20 bits per heavy atom. The molecule has 2 aliphatic heterocycles. The van der Waals surface area contributed by atoms with Crippen molar-refractivity contribution in [3.05, 3.63) is 51.6 Å². The quantitative estimate of drug-likeness (QED) is 0.701. The van der Waals surface area contributed by atoms with Crippen LogP contribution in [0.4, 0.5) is 0 Å². The van der Waals surface area contributed by atoms with Crippen LogP contribution in [0.3, 0.4) is 0 Å². The second-order valence-corrected chi connectivity index (χ2v) is 7.12. The molecule has 4 rings (SSSR count). The van der Waals surface area contributed by atoms with Crippen LogP contribution in [-0.4, -0.2) is 56.2 Å². The van der Waals surface area contributed by atoms with Crippen molar-refractivity contribution in [3.63, 3.8) is 0 Å². The van der Waals surface area contributed by atoms with Crippen LogP contribution in [0.15, 0.2) is 33.5 Å². The minimum atomic E-state index is -0.732. The second kappa shape index (κ2) is 8.76. The molecule has 1 aromatic heterocycles. The Labute approximate surface area is 172 Å². The standard InChI is InChI=1S/C21H23NO8/c1-26-19(24)10-15(13-2-3-17-18(8-13)29-12-28-17)21-20(25)16(23)9-14(30-21)11-22-4-6-27-7-5-22/h2-3,8-9,15,25H,4-7,10-12H2,1H3. The van der Waals surface area contributed by atoms with Crippen LogP contribution in [0.25, 0.3) is 0 Å². The lowest BCUT2D eigenvalue weighted by Gasteiger charge is -2.26. The Hall–Kier alpha value is -3.04. The molecule has 0 amide bonds. The van der Waals surface area contributed by atoms with Gasteiger partial charge >= 0.3 is 5.97 Å². The van der Waals surface area contributed by atoms with Gasteiger partial charge in [-0.2, -0.15) is 0 Å². The van der Waals surface area contributed by atoms with Crippen molar-refractivity contribution in [1.29, 1.82) is 0 Å². The van der Waals surface area contributed by atoms with Gasteiger partial charge in [0.1, 0.15) is 5.76 Å². The van der Waals surface area contributed by atoms with Crippen molar-refractivity contribution in [1.82, 2.24) is 4.90 Å². The summed E-state index contributed by atoms with van der Waals surface area (Å²) in [6.45, 7) is 3.16. The Morgan fingerprint density at radius 2 is 1.97 bits per heavy atom. The van der Waals surface area contributed by atoms with E-state index >= 15 is 0 Å². The number of nitrogens with zero attached hydrogens (tertiary/aromatic N) is 1. The summed E-state index contributed by atoms with van der Waals surface area (Å²) in [6, 6.07) is 6.46. The zero-order valence-electron chi connectivity index (χ0n) is 16.6. The topological polar surface area (TPSA) is 108 Å². The largest absolute Gasteiger partial charge is 0.502 e. The molecule has 0 radical (unpaired) electrons. The molecule has 2 aromatic rings. The lowest BCUT2D eigenvalue weighted by molar-refractivity contribution is -0.140. The van der Waals surface area contributed by atoms with Crippen LogP contribution >= 0.6 is 0 Å². The minimum absolute atomic E-state index is 0.0232. The van der Waals surface area contributed by atoms with Gasteiger partial charge in [-0.1, -0.05) is 6.07 Å². The van der Waals surface area contributed by atoms with E-state index in [4.69, 9.17) is 23.4 Å². The van der Waals surface area contributed by atoms with Crippen molar-refractivity contribution in [2.75, 3.05) is 40.2 Å². The van der Waals surface area contributed by atoms with E-state index in [0.29, 0.717) is 55.7 Å². The van der Waals surface area contributed by atoms with E-state index in [-0.39, 0.29) is 19.0 Å². The molecule has 0 spiro atoms. The van der Waals surface area contributed by atoms with Crippen molar-refractivity contribution >= 4 is 5.97 Å². The lowest BCUT2D eigenvalue weighted by Crippen LogP contribution is -2.35. The number of ether oxygens (including phenoxy) is 4. The Morgan fingerprint density at radius 3 is 2.73 bits per heavy atom. The highest BCUT2D eigenvalue weighted by Gasteiger charge is 2.28. The molecule has 0 aliphatic carbocycles. The monoisotopic (exact) mass is 417 g/mol. The highest BCUT2D eigenvalue weighted by atomic mass is 16.7. The highest BCUT2D eigenvalue weighted by Crippen LogP contribution is 2.39. The normalized spacial score (nSPS) is 17.0. The fourth-order valence-corrected chi connectivity index (χ4v) is 3.59. The third-order valence-electron chi connectivity index (χ3n) is 5.20. The first-order chi connectivity index (χ1) is 14.5. The number of methoxy groups -OCH3 is 1. The number of hydrogen-bond donors (Lipinski definition) is 1. The van der Waals surface area contributed by atoms with Crippen LogP contribution in [0, 0.1) is 0 Å². The number of carbonyl (C=O) groups excluding carboxylic acids is 1. The molecule has 30 heavy (non-hydrogen) atoms. The van der Waals surface area contributed by atoms with Crippen molar-refractivity contribution in [2.24, 2.45) is 0 Å². The van der Waals surface area contributed by atoms with Gasteiger partial charge in [0, 0.05) is 19.2 Å². The van der Waals surface area contributed by atoms with Gasteiger partial charge in [-0.15, -0.1) is 0 Å². The molecule has 160 valence electrons. The number of benzene rings is 1. The van der Waals surface area contributed by atoms with Crippen LogP contribution in [0.2, 0.25) is 0 Å². The molecule has 2 aliphatic rings. The van der Waals surface area contributed by atoms with Gasteiger partial charge < -0.3 is 28.5 Å². The second-order valence-electron chi connectivity index (χ2n) is 7.12. The zero-order chi connectivity index (χ0) is 21.1. The van der Waals surface area contributed by atoms with E-state index in [1.165, 1.54) is 13.2 Å². The molecule has 1 N–H and O–H groups in total. The van der Waals surface area contributed by atoms with Crippen LogP contribution in [0.5, 0.6) is 17.2 Å². The molecule has 1 saturated heterocycles. The predicted octanol–water partition coefficient (Wildman–Crippen LogP) is 1.60. The average Bonchev–Trinajstić information content (AvgIpc) is 3.23. The SMILES string of the molecule is COC(=O)CC(c1ccc2c(c1)OCO2)c1oc(CN2CCOCC2)cc(=O)c1O. The van der Waals surface area contributed by atoms with E-state index in [2.05, 4.69) is 4.90 Å².